The number of morpholine rings is 1. The van der Waals surface area contributed by atoms with Crippen LogP contribution in [0.1, 0.15) is 80.6 Å². The number of rotatable bonds is 5. The Morgan fingerprint density at radius 3 is 1.71 bits per heavy atom. The van der Waals surface area contributed by atoms with Crippen LogP contribution in [0.3, 0.4) is 0 Å². The van der Waals surface area contributed by atoms with Crippen LogP contribution in [0.2, 0.25) is 0 Å². The molecule has 2 aliphatic carbocycles. The Hall–Kier alpha value is -0.980. The fourth-order valence-electron chi connectivity index (χ4n) is 7.21. The fraction of sp³-hybridized carbons (Fsp3) is 0.667. The molecule has 7 rings (SSSR count). The zero-order valence-electron chi connectivity index (χ0n) is 23.9. The Labute approximate surface area is 259 Å². The second-order valence-electron chi connectivity index (χ2n) is 11.5. The largest absolute Gasteiger partial charge is 0.455 e. The molecule has 7 nitrogen and oxygen atoms in total. The minimum Gasteiger partial charge on any atom is -0.455 e. The highest BCUT2D eigenvalue weighted by molar-refractivity contribution is 8.21. The molecular formula is C30H38N2O5S4. The summed E-state index contributed by atoms with van der Waals surface area (Å²) < 4.78 is 18.3. The van der Waals surface area contributed by atoms with Crippen LogP contribution in [-0.2, 0) is 25.7 Å². The molecule has 3 aliphatic heterocycles. The Bertz CT molecular complexity index is 1240. The number of hydrogen-bond acceptors (Lipinski definition) is 10. The van der Waals surface area contributed by atoms with Crippen molar-refractivity contribution in [3.8, 4) is 0 Å². The maximum Gasteiger partial charge on any atom is 0.296 e. The van der Waals surface area contributed by atoms with Crippen LogP contribution in [0, 0.1) is 13.8 Å². The first kappa shape index (κ1) is 28.8. The van der Waals surface area contributed by atoms with Crippen LogP contribution < -0.4 is 0 Å². The van der Waals surface area contributed by atoms with Crippen molar-refractivity contribution in [2.75, 3.05) is 62.4 Å². The van der Waals surface area contributed by atoms with Crippen LogP contribution in [-0.4, -0.2) is 84.0 Å². The van der Waals surface area contributed by atoms with Gasteiger partial charge in [-0.1, -0.05) is 0 Å². The first-order valence-electron chi connectivity index (χ1n) is 14.9. The van der Waals surface area contributed by atoms with Crippen LogP contribution in [0.25, 0.3) is 0 Å². The quantitative estimate of drug-likeness (QED) is 0.363. The smallest absolute Gasteiger partial charge is 0.296 e. The molecule has 0 atom stereocenters. The number of hydrogen-bond donors (Lipinski definition) is 0. The van der Waals surface area contributed by atoms with Crippen molar-refractivity contribution in [2.24, 2.45) is 0 Å². The molecular weight excluding hydrogens is 597 g/mol. The maximum atomic E-state index is 14.4. The first-order valence-corrected chi connectivity index (χ1v) is 18.8. The molecule has 2 aromatic heterocycles. The van der Waals surface area contributed by atoms with E-state index in [-0.39, 0.29) is 26.5 Å². The lowest BCUT2D eigenvalue weighted by Gasteiger charge is -2.31. The van der Waals surface area contributed by atoms with Gasteiger partial charge >= 0.3 is 0 Å². The third-order valence-corrected chi connectivity index (χ3v) is 16.2. The number of ether oxygens (including phenoxy) is 1. The van der Waals surface area contributed by atoms with E-state index in [1.165, 1.54) is 16.0 Å². The molecule has 2 spiro atoms. The number of furan rings is 2. The zero-order valence-corrected chi connectivity index (χ0v) is 27.1. The summed E-state index contributed by atoms with van der Waals surface area (Å²) in [6.45, 7) is 7.86. The molecule has 0 N–H and O–H groups in total. The van der Waals surface area contributed by atoms with E-state index in [0.717, 1.165) is 97.3 Å². The van der Waals surface area contributed by atoms with Crippen LogP contribution in [0.4, 0.5) is 0 Å². The van der Waals surface area contributed by atoms with E-state index in [2.05, 4.69) is 4.90 Å². The molecule has 5 heterocycles. The summed E-state index contributed by atoms with van der Waals surface area (Å²) in [5.41, 5.74) is 4.21. The predicted octanol–water partition coefficient (Wildman–Crippen LogP) is 6.04. The summed E-state index contributed by atoms with van der Waals surface area (Å²) in [5, 5.41) is 0. The van der Waals surface area contributed by atoms with Gasteiger partial charge in [-0.15, -0.1) is 47.0 Å². The molecule has 222 valence electrons. The average molecular weight is 635 g/mol. The highest BCUT2D eigenvalue weighted by Gasteiger charge is 2.48. The van der Waals surface area contributed by atoms with Crippen molar-refractivity contribution >= 4 is 58.9 Å². The van der Waals surface area contributed by atoms with Gasteiger partial charge in [-0.05, 0) is 39.5 Å². The van der Waals surface area contributed by atoms with Crippen molar-refractivity contribution in [3.63, 3.8) is 0 Å². The molecule has 0 unspecified atom stereocenters. The molecule has 0 bridgehead atoms. The summed E-state index contributed by atoms with van der Waals surface area (Å²) in [7, 11) is 0. The van der Waals surface area contributed by atoms with Crippen molar-refractivity contribution in [1.82, 2.24) is 9.80 Å². The summed E-state index contributed by atoms with van der Waals surface area (Å²) in [6, 6.07) is 0. The molecule has 0 aromatic carbocycles. The van der Waals surface area contributed by atoms with Crippen LogP contribution in [0.15, 0.2) is 8.83 Å². The van der Waals surface area contributed by atoms with Crippen molar-refractivity contribution in [3.05, 3.63) is 45.3 Å². The van der Waals surface area contributed by atoms with E-state index in [0.29, 0.717) is 31.3 Å². The maximum absolute atomic E-state index is 14.4. The van der Waals surface area contributed by atoms with E-state index in [1.807, 2.05) is 60.9 Å². The summed E-state index contributed by atoms with van der Waals surface area (Å²) in [4.78, 5) is 32.4. The lowest BCUT2D eigenvalue weighted by atomic mass is 9.93. The lowest BCUT2D eigenvalue weighted by molar-refractivity contribution is 0.0308. The minimum atomic E-state index is -0.341. The number of fused-ring (bicyclic) bond motifs is 4. The Kier molecular flexibility index (Phi) is 8.07. The average Bonchev–Trinajstić information content (AvgIpc) is 3.77. The van der Waals surface area contributed by atoms with Gasteiger partial charge in [-0.25, -0.2) is 0 Å². The second kappa shape index (κ2) is 11.5. The molecule has 3 fully saturated rings. The van der Waals surface area contributed by atoms with E-state index in [1.54, 1.807) is 0 Å². The van der Waals surface area contributed by atoms with E-state index in [9.17, 15) is 9.59 Å². The Morgan fingerprint density at radius 1 is 0.780 bits per heavy atom. The highest BCUT2D eigenvalue weighted by atomic mass is 32.2. The van der Waals surface area contributed by atoms with Crippen molar-refractivity contribution in [1.29, 1.82) is 0 Å². The molecule has 2 amide bonds. The minimum absolute atomic E-state index is 0.0239. The normalized spacial score (nSPS) is 23.2. The van der Waals surface area contributed by atoms with Crippen molar-refractivity contribution in [2.45, 2.75) is 60.5 Å². The van der Waals surface area contributed by atoms with Gasteiger partial charge in [0.25, 0.3) is 11.8 Å². The topological polar surface area (TPSA) is 76.1 Å². The Morgan fingerprint density at radius 2 is 1.24 bits per heavy atom. The van der Waals surface area contributed by atoms with Gasteiger partial charge in [-0.3, -0.25) is 19.4 Å². The summed E-state index contributed by atoms with van der Waals surface area (Å²) in [6.07, 6.45) is 5.99. The van der Waals surface area contributed by atoms with Gasteiger partial charge in [0, 0.05) is 84.3 Å². The SMILES string of the molecule is Cc1c(C(=O)N(CCN2CCOCC2)C(=O)c2oc3c(c2C)C2(CCC3)SCCS2)oc2c1C1(CCC2)SCCS1. The van der Waals surface area contributed by atoms with Gasteiger partial charge in [0.15, 0.2) is 11.5 Å². The van der Waals surface area contributed by atoms with Crippen LogP contribution >= 0.6 is 47.0 Å². The van der Waals surface area contributed by atoms with Gasteiger partial charge in [0.1, 0.15) is 11.5 Å². The van der Waals surface area contributed by atoms with E-state index >= 15 is 0 Å². The second-order valence-corrected chi connectivity index (χ2v) is 17.6. The molecule has 2 aromatic rings. The fourth-order valence-corrected chi connectivity index (χ4v) is 14.3. The van der Waals surface area contributed by atoms with Crippen molar-refractivity contribution < 1.29 is 23.2 Å². The van der Waals surface area contributed by atoms with E-state index in [4.69, 9.17) is 13.6 Å². The molecule has 5 aliphatic rings. The first-order chi connectivity index (χ1) is 19.9. The molecule has 0 saturated carbocycles. The number of amides is 2. The number of thioether (sulfide) groups is 4. The summed E-state index contributed by atoms with van der Waals surface area (Å²) >= 11 is 7.95. The predicted molar refractivity (Wildman–Crippen MR) is 169 cm³/mol. The molecule has 0 radical (unpaired) electrons. The highest BCUT2D eigenvalue weighted by Crippen LogP contribution is 2.60. The number of aryl methyl sites for hydroxylation is 2. The zero-order chi connectivity index (χ0) is 28.2. The Balaban J connectivity index is 1.24. The number of carbonyl (C=O) groups excluding carboxylic acids is 2. The monoisotopic (exact) mass is 634 g/mol. The van der Waals surface area contributed by atoms with Gasteiger partial charge < -0.3 is 13.6 Å². The molecule has 11 heteroatoms. The van der Waals surface area contributed by atoms with Gasteiger partial charge in [0.2, 0.25) is 0 Å². The standard InChI is InChI=1S/C30H38N2O5S4/c1-19-23-21(5-3-7-29(23)38-15-16-39-29)36-25(19)27(33)32(10-9-31-11-13-35-14-12-31)28(34)26-20(2)24-22(37-26)6-4-8-30(24)40-17-18-41-30/h3-18H2,1-2H3. The third-order valence-electron chi connectivity index (χ3n) is 9.15. The third kappa shape index (κ3) is 4.94. The molecule has 41 heavy (non-hydrogen) atoms. The number of imide groups is 1. The van der Waals surface area contributed by atoms with Crippen LogP contribution in [0.5, 0.6) is 0 Å². The number of carbonyl (C=O) groups is 2. The molecule has 3 saturated heterocycles. The summed E-state index contributed by atoms with van der Waals surface area (Å²) in [5.74, 6) is 6.29. The number of nitrogens with zero attached hydrogens (tertiary/aromatic N) is 2. The van der Waals surface area contributed by atoms with Gasteiger partial charge in [-0.2, -0.15) is 0 Å². The van der Waals surface area contributed by atoms with Gasteiger partial charge in [0.05, 0.1) is 21.4 Å². The van der Waals surface area contributed by atoms with E-state index < -0.39 is 0 Å². The lowest BCUT2D eigenvalue weighted by Crippen LogP contribution is -2.45.